The van der Waals surface area contributed by atoms with Gasteiger partial charge in [-0.05, 0) is 38.0 Å². The lowest BCUT2D eigenvalue weighted by molar-refractivity contribution is 0.101. The lowest BCUT2D eigenvalue weighted by Crippen LogP contribution is -2.42. The van der Waals surface area contributed by atoms with Gasteiger partial charge in [0.15, 0.2) is 5.78 Å². The monoisotopic (exact) mass is 325 g/mol. The van der Waals surface area contributed by atoms with Crippen LogP contribution in [0.5, 0.6) is 0 Å². The van der Waals surface area contributed by atoms with Crippen LogP contribution in [0.15, 0.2) is 36.9 Å². The summed E-state index contributed by atoms with van der Waals surface area (Å²) in [5.74, 6) is 0.00951. The van der Waals surface area contributed by atoms with Crippen molar-refractivity contribution in [2.75, 3.05) is 10.6 Å². The third-order valence-corrected chi connectivity index (χ3v) is 4.41. The van der Waals surface area contributed by atoms with Gasteiger partial charge in [0.1, 0.15) is 6.33 Å². The van der Waals surface area contributed by atoms with E-state index in [1.165, 1.54) is 19.2 Å². The zero-order valence-corrected chi connectivity index (χ0v) is 13.8. The fraction of sp³-hybridized carbons (Fsp3) is 0.389. The molecule has 1 saturated carbocycles. The van der Waals surface area contributed by atoms with Crippen LogP contribution in [0.25, 0.3) is 0 Å². The van der Waals surface area contributed by atoms with Gasteiger partial charge in [-0.25, -0.2) is 9.97 Å². The number of carbonyl (C=O) groups is 1. The molecule has 0 bridgehead atoms. The number of aromatic nitrogens is 2. The molecule has 1 aliphatic rings. The van der Waals surface area contributed by atoms with Crippen LogP contribution in [0.1, 0.15) is 43.0 Å². The molecule has 1 fully saturated rings. The van der Waals surface area contributed by atoms with Gasteiger partial charge < -0.3 is 16.4 Å². The number of carbonyl (C=O) groups excluding carboxylic acids is 1. The Bertz CT molecular complexity index is 704. The number of rotatable bonds is 5. The Labute approximate surface area is 141 Å². The molecular weight excluding hydrogens is 302 g/mol. The molecule has 4 N–H and O–H groups in total. The van der Waals surface area contributed by atoms with Gasteiger partial charge in [0.25, 0.3) is 0 Å². The predicted octanol–water partition coefficient (Wildman–Crippen LogP) is 3.10. The number of nitrogens with one attached hydrogen (secondary N) is 2. The van der Waals surface area contributed by atoms with Gasteiger partial charge in [0.05, 0.1) is 23.8 Å². The lowest BCUT2D eigenvalue weighted by Gasteiger charge is -2.30. The summed E-state index contributed by atoms with van der Waals surface area (Å²) < 4.78 is 0. The van der Waals surface area contributed by atoms with Gasteiger partial charge in [-0.1, -0.05) is 12.8 Å². The summed E-state index contributed by atoms with van der Waals surface area (Å²) in [6, 6.07) is 6.17. The molecule has 2 aromatic rings. The van der Waals surface area contributed by atoms with Crippen molar-refractivity contribution in [3.63, 3.8) is 0 Å². The average molecular weight is 325 g/mol. The topological polar surface area (TPSA) is 92.9 Å². The van der Waals surface area contributed by atoms with Crippen LogP contribution < -0.4 is 16.4 Å². The Morgan fingerprint density at radius 2 is 1.92 bits per heavy atom. The summed E-state index contributed by atoms with van der Waals surface area (Å²) in [5, 5.41) is 6.74. The third kappa shape index (κ3) is 3.89. The van der Waals surface area contributed by atoms with E-state index >= 15 is 0 Å². The first-order valence-electron chi connectivity index (χ1n) is 8.32. The summed E-state index contributed by atoms with van der Waals surface area (Å²) in [5.41, 5.74) is 9.30. The maximum absolute atomic E-state index is 11.9. The largest absolute Gasteiger partial charge is 0.381 e. The quantitative estimate of drug-likeness (QED) is 0.732. The van der Waals surface area contributed by atoms with Gasteiger partial charge in [-0.2, -0.15) is 0 Å². The van der Waals surface area contributed by atoms with E-state index in [4.69, 9.17) is 5.73 Å². The van der Waals surface area contributed by atoms with Crippen molar-refractivity contribution in [2.45, 2.75) is 44.7 Å². The minimum absolute atomic E-state index is 0.00951. The van der Waals surface area contributed by atoms with E-state index in [0.717, 1.165) is 29.9 Å². The first-order chi connectivity index (χ1) is 11.6. The highest BCUT2D eigenvalue weighted by atomic mass is 16.1. The van der Waals surface area contributed by atoms with Crippen molar-refractivity contribution in [2.24, 2.45) is 5.73 Å². The van der Waals surface area contributed by atoms with E-state index in [-0.39, 0.29) is 17.9 Å². The summed E-state index contributed by atoms with van der Waals surface area (Å²) in [6.45, 7) is 1.56. The number of hydrogen-bond donors (Lipinski definition) is 3. The van der Waals surface area contributed by atoms with Crippen molar-refractivity contribution in [1.82, 2.24) is 9.97 Å². The molecule has 3 rings (SSSR count). The third-order valence-electron chi connectivity index (χ3n) is 4.41. The van der Waals surface area contributed by atoms with Gasteiger partial charge >= 0.3 is 0 Å². The van der Waals surface area contributed by atoms with E-state index in [2.05, 4.69) is 20.6 Å². The average Bonchev–Trinajstić information content (AvgIpc) is 2.58. The second kappa shape index (κ2) is 7.40. The Kier molecular flexibility index (Phi) is 5.05. The number of ketones is 1. The molecule has 1 heterocycles. The van der Waals surface area contributed by atoms with Crippen LogP contribution >= 0.6 is 0 Å². The minimum atomic E-state index is 0.00951. The fourth-order valence-electron chi connectivity index (χ4n) is 3.12. The predicted molar refractivity (Wildman–Crippen MR) is 95.6 cm³/mol. The second-order valence-corrected chi connectivity index (χ2v) is 6.27. The number of nitrogens with zero attached hydrogens (tertiary/aromatic N) is 2. The van der Waals surface area contributed by atoms with E-state index in [1.807, 2.05) is 18.2 Å². The van der Waals surface area contributed by atoms with Crippen molar-refractivity contribution in [3.8, 4) is 0 Å². The maximum atomic E-state index is 11.9. The summed E-state index contributed by atoms with van der Waals surface area (Å²) in [6.07, 6.45) is 9.34. The molecule has 1 aromatic carbocycles. The molecule has 0 saturated heterocycles. The molecule has 0 aliphatic heterocycles. The molecule has 2 atom stereocenters. The van der Waals surface area contributed by atoms with Crippen molar-refractivity contribution in [3.05, 3.63) is 42.5 Å². The van der Waals surface area contributed by atoms with Crippen LogP contribution in [0.3, 0.4) is 0 Å². The highest BCUT2D eigenvalue weighted by molar-refractivity contribution is 6.00. The molecule has 24 heavy (non-hydrogen) atoms. The Hall–Kier alpha value is -2.47. The number of Topliss-reactive ketones (excluding diaryl/α,β-unsaturated/α-hetero) is 1. The van der Waals surface area contributed by atoms with Crippen LogP contribution in [0.4, 0.5) is 17.1 Å². The summed E-state index contributed by atoms with van der Waals surface area (Å²) >= 11 is 0. The van der Waals surface area contributed by atoms with E-state index in [0.29, 0.717) is 5.56 Å². The van der Waals surface area contributed by atoms with Crippen molar-refractivity contribution < 1.29 is 4.79 Å². The van der Waals surface area contributed by atoms with Crippen molar-refractivity contribution >= 4 is 22.8 Å². The van der Waals surface area contributed by atoms with Crippen LogP contribution in [0, 0.1) is 0 Å². The zero-order chi connectivity index (χ0) is 16.9. The second-order valence-electron chi connectivity index (χ2n) is 6.27. The molecule has 6 nitrogen and oxygen atoms in total. The van der Waals surface area contributed by atoms with Gasteiger partial charge in [0.2, 0.25) is 0 Å². The van der Waals surface area contributed by atoms with Gasteiger partial charge in [0, 0.05) is 23.3 Å². The molecule has 0 spiro atoms. The molecule has 6 heteroatoms. The molecule has 1 aromatic heterocycles. The number of benzene rings is 1. The normalized spacial score (nSPS) is 20.4. The summed E-state index contributed by atoms with van der Waals surface area (Å²) in [4.78, 5) is 19.9. The molecule has 0 amide bonds. The lowest BCUT2D eigenvalue weighted by atomic mass is 9.91. The fourth-order valence-corrected chi connectivity index (χ4v) is 3.12. The van der Waals surface area contributed by atoms with Crippen LogP contribution in [-0.2, 0) is 0 Å². The standard InChI is InChI=1S/C18H23N5O/c1-12(24)15-7-6-13(22-17-5-3-2-4-16(17)19)8-18(15)23-14-9-20-11-21-10-14/h6-11,16-17,22-23H,2-5,19H2,1H3/t16-,17+/m0/s1. The number of hydrogen-bond acceptors (Lipinski definition) is 6. The Balaban J connectivity index is 1.83. The highest BCUT2D eigenvalue weighted by Gasteiger charge is 2.21. The van der Waals surface area contributed by atoms with Gasteiger partial charge in [-0.3, -0.25) is 4.79 Å². The highest BCUT2D eigenvalue weighted by Crippen LogP contribution is 2.27. The molecule has 0 radical (unpaired) electrons. The van der Waals surface area contributed by atoms with E-state index < -0.39 is 0 Å². The van der Waals surface area contributed by atoms with E-state index in [1.54, 1.807) is 19.3 Å². The molecular formula is C18H23N5O. The van der Waals surface area contributed by atoms with E-state index in [9.17, 15) is 4.79 Å². The maximum Gasteiger partial charge on any atom is 0.161 e. The molecule has 0 unspecified atom stereocenters. The summed E-state index contributed by atoms with van der Waals surface area (Å²) in [7, 11) is 0. The zero-order valence-electron chi connectivity index (χ0n) is 13.8. The smallest absolute Gasteiger partial charge is 0.161 e. The van der Waals surface area contributed by atoms with Crippen molar-refractivity contribution in [1.29, 1.82) is 0 Å². The first-order valence-corrected chi connectivity index (χ1v) is 8.32. The number of nitrogens with two attached hydrogens (primary N) is 1. The Morgan fingerprint density at radius 1 is 1.17 bits per heavy atom. The minimum Gasteiger partial charge on any atom is -0.381 e. The number of anilines is 3. The first kappa shape index (κ1) is 16.4. The Morgan fingerprint density at radius 3 is 2.62 bits per heavy atom. The van der Waals surface area contributed by atoms with Gasteiger partial charge in [-0.15, -0.1) is 0 Å². The van der Waals surface area contributed by atoms with Crippen LogP contribution in [0.2, 0.25) is 0 Å². The van der Waals surface area contributed by atoms with Crippen LogP contribution in [-0.4, -0.2) is 27.8 Å². The molecule has 1 aliphatic carbocycles. The molecule has 126 valence electrons. The SMILES string of the molecule is CC(=O)c1ccc(N[C@@H]2CCCC[C@@H]2N)cc1Nc1cncnc1.